The number of hydrogen-bond acceptors (Lipinski definition) is 3. The fourth-order valence-corrected chi connectivity index (χ4v) is 2.73. The van der Waals surface area contributed by atoms with E-state index < -0.39 is 0 Å². The van der Waals surface area contributed by atoms with Crippen molar-refractivity contribution in [2.24, 2.45) is 5.92 Å². The molecule has 0 aliphatic heterocycles. The van der Waals surface area contributed by atoms with E-state index >= 15 is 0 Å². The lowest BCUT2D eigenvalue weighted by molar-refractivity contribution is 0.0272. The third-order valence-electron chi connectivity index (χ3n) is 3.04. The molecule has 15 heavy (non-hydrogen) atoms. The molecule has 1 fully saturated rings. The van der Waals surface area contributed by atoms with Crippen molar-refractivity contribution < 1.29 is 9.84 Å². The summed E-state index contributed by atoms with van der Waals surface area (Å²) in [5.41, 5.74) is 0. The van der Waals surface area contributed by atoms with Crippen molar-refractivity contribution in [3.8, 4) is 5.75 Å². The molecule has 0 bridgehead atoms. The maximum atomic E-state index is 10.00. The second-order valence-electron chi connectivity index (χ2n) is 4.45. The summed E-state index contributed by atoms with van der Waals surface area (Å²) in [4.78, 5) is 0. The maximum Gasteiger partial charge on any atom is 0.130 e. The van der Waals surface area contributed by atoms with E-state index in [-0.39, 0.29) is 12.2 Å². The molecule has 0 spiro atoms. The van der Waals surface area contributed by atoms with Gasteiger partial charge in [0.25, 0.3) is 0 Å². The number of aliphatic hydroxyl groups is 1. The molecule has 2 rings (SSSR count). The Kier molecular flexibility index (Phi) is 3.65. The van der Waals surface area contributed by atoms with E-state index in [1.54, 1.807) is 11.3 Å². The van der Waals surface area contributed by atoms with Crippen LogP contribution in [-0.2, 0) is 0 Å². The Labute approximate surface area is 94.9 Å². The third kappa shape index (κ3) is 2.95. The van der Waals surface area contributed by atoms with Gasteiger partial charge in [-0.3, -0.25) is 0 Å². The Hall–Kier alpha value is -0.540. The topological polar surface area (TPSA) is 29.5 Å². The van der Waals surface area contributed by atoms with Crippen LogP contribution in [0.4, 0.5) is 0 Å². The Balaban J connectivity index is 1.95. The van der Waals surface area contributed by atoms with Crippen LogP contribution in [0.15, 0.2) is 16.8 Å². The summed E-state index contributed by atoms with van der Waals surface area (Å²) < 4.78 is 5.80. The number of rotatable bonds is 2. The van der Waals surface area contributed by atoms with Gasteiger partial charge in [0.2, 0.25) is 0 Å². The van der Waals surface area contributed by atoms with E-state index in [2.05, 4.69) is 6.92 Å². The molecule has 1 aromatic rings. The first-order chi connectivity index (χ1) is 7.25. The van der Waals surface area contributed by atoms with Gasteiger partial charge >= 0.3 is 0 Å². The highest BCUT2D eigenvalue weighted by molar-refractivity contribution is 7.08. The summed E-state index contributed by atoms with van der Waals surface area (Å²) in [7, 11) is 0. The molecule has 1 aliphatic rings. The standard InChI is InChI=1S/C12H18O2S/c1-9-3-2-4-12(11(13)7-9)14-10-5-6-15-8-10/h5-6,8-9,11-13H,2-4,7H2,1H3/t9-,11?,12?/m0/s1. The zero-order valence-electron chi connectivity index (χ0n) is 9.06. The summed E-state index contributed by atoms with van der Waals surface area (Å²) in [6, 6.07) is 1.96. The van der Waals surface area contributed by atoms with Crippen molar-refractivity contribution in [3.63, 3.8) is 0 Å². The van der Waals surface area contributed by atoms with Gasteiger partial charge in [-0.1, -0.05) is 13.3 Å². The highest BCUT2D eigenvalue weighted by Gasteiger charge is 2.26. The van der Waals surface area contributed by atoms with Crippen molar-refractivity contribution >= 4 is 11.3 Å². The van der Waals surface area contributed by atoms with Crippen LogP contribution in [0.25, 0.3) is 0 Å². The lowest BCUT2D eigenvalue weighted by atomic mass is 10.0. The molecule has 1 aliphatic carbocycles. The molecule has 0 aromatic carbocycles. The van der Waals surface area contributed by atoms with Gasteiger partial charge in [0.15, 0.2) is 0 Å². The molecular formula is C12H18O2S. The van der Waals surface area contributed by atoms with Crippen molar-refractivity contribution in [2.75, 3.05) is 0 Å². The SMILES string of the molecule is C[C@H]1CCCC(Oc2ccsc2)C(O)C1. The first-order valence-corrected chi connectivity index (χ1v) is 6.57. The van der Waals surface area contributed by atoms with Crippen molar-refractivity contribution in [2.45, 2.75) is 44.8 Å². The van der Waals surface area contributed by atoms with Crippen LogP contribution in [0.2, 0.25) is 0 Å². The Morgan fingerprint density at radius 1 is 1.47 bits per heavy atom. The number of aliphatic hydroxyl groups excluding tert-OH is 1. The summed E-state index contributed by atoms with van der Waals surface area (Å²) in [6.45, 7) is 2.20. The highest BCUT2D eigenvalue weighted by Crippen LogP contribution is 2.27. The second-order valence-corrected chi connectivity index (χ2v) is 5.23. The smallest absolute Gasteiger partial charge is 0.130 e. The summed E-state index contributed by atoms with van der Waals surface area (Å²) in [6.07, 6.45) is 3.90. The predicted octanol–water partition coefficient (Wildman–Crippen LogP) is 3.07. The van der Waals surface area contributed by atoms with Crippen LogP contribution in [0.3, 0.4) is 0 Å². The fourth-order valence-electron chi connectivity index (χ4n) is 2.17. The summed E-state index contributed by atoms with van der Waals surface area (Å²) >= 11 is 1.63. The molecule has 1 N–H and O–H groups in total. The number of hydrogen-bond donors (Lipinski definition) is 1. The van der Waals surface area contributed by atoms with Gasteiger partial charge in [-0.2, -0.15) is 0 Å². The van der Waals surface area contributed by atoms with E-state index in [9.17, 15) is 5.11 Å². The predicted molar refractivity (Wildman–Crippen MR) is 62.4 cm³/mol. The van der Waals surface area contributed by atoms with Gasteiger partial charge in [0, 0.05) is 5.38 Å². The van der Waals surface area contributed by atoms with E-state index in [0.29, 0.717) is 5.92 Å². The zero-order valence-corrected chi connectivity index (χ0v) is 9.87. The first-order valence-electron chi connectivity index (χ1n) is 5.62. The molecule has 1 saturated carbocycles. The van der Waals surface area contributed by atoms with Gasteiger partial charge in [0.05, 0.1) is 6.10 Å². The maximum absolute atomic E-state index is 10.00. The minimum atomic E-state index is -0.303. The number of thiophene rings is 1. The molecule has 2 nitrogen and oxygen atoms in total. The van der Waals surface area contributed by atoms with Gasteiger partial charge in [-0.05, 0) is 36.6 Å². The Bertz CT molecular complexity index is 284. The van der Waals surface area contributed by atoms with E-state index in [0.717, 1.165) is 25.0 Å². The Morgan fingerprint density at radius 2 is 2.33 bits per heavy atom. The average Bonchev–Trinajstić information content (AvgIpc) is 2.63. The molecular weight excluding hydrogens is 208 g/mol. The lowest BCUT2D eigenvalue weighted by Gasteiger charge is -2.21. The van der Waals surface area contributed by atoms with Gasteiger partial charge < -0.3 is 9.84 Å². The van der Waals surface area contributed by atoms with Crippen LogP contribution in [0.1, 0.15) is 32.6 Å². The Morgan fingerprint density at radius 3 is 3.07 bits per heavy atom. The van der Waals surface area contributed by atoms with Crippen molar-refractivity contribution in [1.29, 1.82) is 0 Å². The molecule has 84 valence electrons. The van der Waals surface area contributed by atoms with E-state index in [1.807, 2.05) is 16.8 Å². The van der Waals surface area contributed by atoms with E-state index in [1.165, 1.54) is 6.42 Å². The van der Waals surface area contributed by atoms with Crippen LogP contribution < -0.4 is 4.74 Å². The quantitative estimate of drug-likeness (QED) is 0.785. The van der Waals surface area contributed by atoms with Gasteiger partial charge in [0.1, 0.15) is 11.9 Å². The first kappa shape index (κ1) is 11.0. The highest BCUT2D eigenvalue weighted by atomic mass is 32.1. The zero-order chi connectivity index (χ0) is 10.7. The summed E-state index contributed by atoms with van der Waals surface area (Å²) in [5.74, 6) is 1.52. The molecule has 1 aromatic heterocycles. The van der Waals surface area contributed by atoms with Gasteiger partial charge in [-0.25, -0.2) is 0 Å². The number of ether oxygens (including phenoxy) is 1. The van der Waals surface area contributed by atoms with Gasteiger partial charge in [-0.15, -0.1) is 11.3 Å². The normalized spacial score (nSPS) is 32.3. The van der Waals surface area contributed by atoms with Crippen molar-refractivity contribution in [1.82, 2.24) is 0 Å². The average molecular weight is 226 g/mol. The van der Waals surface area contributed by atoms with Crippen LogP contribution in [-0.4, -0.2) is 17.3 Å². The monoisotopic (exact) mass is 226 g/mol. The van der Waals surface area contributed by atoms with E-state index in [4.69, 9.17) is 4.74 Å². The minimum Gasteiger partial charge on any atom is -0.487 e. The second kappa shape index (κ2) is 4.99. The van der Waals surface area contributed by atoms with Crippen LogP contribution in [0.5, 0.6) is 5.75 Å². The minimum absolute atomic E-state index is 0.00968. The molecule has 3 heteroatoms. The van der Waals surface area contributed by atoms with Crippen LogP contribution >= 0.6 is 11.3 Å². The molecule has 3 atom stereocenters. The largest absolute Gasteiger partial charge is 0.487 e. The van der Waals surface area contributed by atoms with Crippen LogP contribution in [0, 0.1) is 5.92 Å². The molecule has 1 heterocycles. The summed E-state index contributed by atoms with van der Waals surface area (Å²) in [5, 5.41) is 14.0. The third-order valence-corrected chi connectivity index (χ3v) is 3.70. The fraction of sp³-hybridized carbons (Fsp3) is 0.667. The molecule has 2 unspecified atom stereocenters. The molecule has 0 amide bonds. The lowest BCUT2D eigenvalue weighted by Crippen LogP contribution is -2.31. The van der Waals surface area contributed by atoms with Crippen molar-refractivity contribution in [3.05, 3.63) is 16.8 Å². The molecule has 0 radical (unpaired) electrons. The molecule has 0 saturated heterocycles.